The van der Waals surface area contributed by atoms with Gasteiger partial charge in [0, 0.05) is 23.8 Å². The predicted octanol–water partition coefficient (Wildman–Crippen LogP) is 2.69. The van der Waals surface area contributed by atoms with E-state index in [9.17, 15) is 9.59 Å². The number of rotatable bonds is 4. The highest BCUT2D eigenvalue weighted by atomic mass is 79.9. The second-order valence-electron chi connectivity index (χ2n) is 4.00. The van der Waals surface area contributed by atoms with Crippen molar-refractivity contribution in [2.45, 2.75) is 0 Å². The molecule has 0 saturated carbocycles. The van der Waals surface area contributed by atoms with Crippen LogP contribution in [0.5, 0.6) is 11.5 Å². The summed E-state index contributed by atoms with van der Waals surface area (Å²) in [7, 11) is 1.49. The van der Waals surface area contributed by atoms with Crippen molar-refractivity contribution in [1.29, 1.82) is 0 Å². The molecule has 2 rings (SSSR count). The van der Waals surface area contributed by atoms with Gasteiger partial charge in [0.05, 0.1) is 0 Å². The van der Waals surface area contributed by atoms with E-state index in [0.717, 1.165) is 0 Å². The van der Waals surface area contributed by atoms with Crippen molar-refractivity contribution in [2.24, 2.45) is 0 Å². The molecule has 0 unspecified atom stereocenters. The Balaban J connectivity index is 2.36. The van der Waals surface area contributed by atoms with Crippen LogP contribution in [-0.4, -0.2) is 29.0 Å². The van der Waals surface area contributed by atoms with Crippen molar-refractivity contribution in [1.82, 2.24) is 10.3 Å². The third kappa shape index (κ3) is 3.57. The summed E-state index contributed by atoms with van der Waals surface area (Å²) in [5, 5.41) is 11.6. The van der Waals surface area contributed by atoms with Crippen molar-refractivity contribution in [3.63, 3.8) is 0 Å². The van der Waals surface area contributed by atoms with Crippen LogP contribution < -0.4 is 10.1 Å². The lowest BCUT2D eigenvalue weighted by atomic mass is 10.2. The SMILES string of the molecule is CNC(=O)c1cc(Oc2cc(Br)ccc2C(=O)O)ccn1. The summed E-state index contributed by atoms with van der Waals surface area (Å²) in [6, 6.07) is 7.56. The minimum absolute atomic E-state index is 0.0245. The standard InChI is InChI=1S/C14H11BrN2O4/c1-16-13(18)11-7-9(4-5-17-11)21-12-6-8(15)2-3-10(12)14(19)20/h2-7H,1H3,(H,16,18)(H,19,20). The van der Waals surface area contributed by atoms with Gasteiger partial charge in [0.25, 0.3) is 5.91 Å². The van der Waals surface area contributed by atoms with Crippen LogP contribution in [0.1, 0.15) is 20.8 Å². The largest absolute Gasteiger partial charge is 0.478 e. The Hall–Kier alpha value is -2.41. The van der Waals surface area contributed by atoms with Gasteiger partial charge in [0.1, 0.15) is 22.8 Å². The Morgan fingerprint density at radius 2 is 2.05 bits per heavy atom. The molecule has 7 heteroatoms. The zero-order valence-corrected chi connectivity index (χ0v) is 12.5. The molecular formula is C14H11BrN2O4. The summed E-state index contributed by atoms with van der Waals surface area (Å²) >= 11 is 3.26. The molecule has 0 aliphatic heterocycles. The van der Waals surface area contributed by atoms with Crippen molar-refractivity contribution in [3.05, 3.63) is 52.3 Å². The number of hydrogen-bond donors (Lipinski definition) is 2. The highest BCUT2D eigenvalue weighted by molar-refractivity contribution is 9.10. The molecule has 0 fully saturated rings. The third-order valence-corrected chi connectivity index (χ3v) is 3.09. The number of carbonyl (C=O) groups is 2. The highest BCUT2D eigenvalue weighted by Crippen LogP contribution is 2.28. The number of benzene rings is 1. The zero-order chi connectivity index (χ0) is 15.4. The van der Waals surface area contributed by atoms with Gasteiger partial charge in [-0.05, 0) is 24.3 Å². The second-order valence-corrected chi connectivity index (χ2v) is 4.92. The van der Waals surface area contributed by atoms with Gasteiger partial charge in [0.2, 0.25) is 0 Å². The van der Waals surface area contributed by atoms with E-state index >= 15 is 0 Å². The second kappa shape index (κ2) is 6.36. The van der Waals surface area contributed by atoms with E-state index < -0.39 is 5.97 Å². The number of nitrogens with zero attached hydrogens (tertiary/aromatic N) is 1. The molecule has 0 spiro atoms. The lowest BCUT2D eigenvalue weighted by Crippen LogP contribution is -2.19. The van der Waals surface area contributed by atoms with Gasteiger partial charge >= 0.3 is 5.97 Å². The number of aromatic nitrogens is 1. The topological polar surface area (TPSA) is 88.5 Å². The lowest BCUT2D eigenvalue weighted by Gasteiger charge is -2.10. The van der Waals surface area contributed by atoms with E-state index in [1.54, 1.807) is 18.2 Å². The van der Waals surface area contributed by atoms with Gasteiger partial charge in [-0.15, -0.1) is 0 Å². The molecule has 0 aliphatic carbocycles. The Labute approximate surface area is 128 Å². The maximum atomic E-state index is 11.5. The summed E-state index contributed by atoms with van der Waals surface area (Å²) < 4.78 is 6.24. The Kier molecular flexibility index (Phi) is 4.54. The van der Waals surface area contributed by atoms with Crippen LogP contribution in [-0.2, 0) is 0 Å². The molecule has 108 valence electrons. The summed E-state index contributed by atoms with van der Waals surface area (Å²) in [5.41, 5.74) is 0.207. The van der Waals surface area contributed by atoms with E-state index in [2.05, 4.69) is 26.2 Å². The quantitative estimate of drug-likeness (QED) is 0.884. The molecule has 2 aromatic rings. The number of pyridine rings is 1. The molecule has 1 heterocycles. The number of halogens is 1. The van der Waals surface area contributed by atoms with Gasteiger partial charge in [-0.2, -0.15) is 0 Å². The van der Waals surface area contributed by atoms with Crippen LogP contribution in [0, 0.1) is 0 Å². The first kappa shape index (κ1) is 15.0. The van der Waals surface area contributed by atoms with Crippen molar-refractivity contribution in [2.75, 3.05) is 7.05 Å². The first-order valence-corrected chi connectivity index (χ1v) is 6.69. The van der Waals surface area contributed by atoms with Crippen molar-refractivity contribution < 1.29 is 19.4 Å². The third-order valence-electron chi connectivity index (χ3n) is 2.59. The molecule has 1 aromatic heterocycles. The summed E-state index contributed by atoms with van der Waals surface area (Å²) in [5.74, 6) is -0.957. The van der Waals surface area contributed by atoms with Gasteiger partial charge in [-0.3, -0.25) is 9.78 Å². The minimum atomic E-state index is -1.10. The summed E-state index contributed by atoms with van der Waals surface area (Å²) in [6.45, 7) is 0. The molecular weight excluding hydrogens is 340 g/mol. The van der Waals surface area contributed by atoms with Gasteiger partial charge in [-0.25, -0.2) is 4.79 Å². The molecule has 21 heavy (non-hydrogen) atoms. The van der Waals surface area contributed by atoms with E-state index in [-0.39, 0.29) is 22.9 Å². The fraction of sp³-hybridized carbons (Fsp3) is 0.0714. The number of ether oxygens (including phenoxy) is 1. The molecule has 1 aromatic carbocycles. The molecule has 0 saturated heterocycles. The normalized spacial score (nSPS) is 10.0. The molecule has 6 nitrogen and oxygen atoms in total. The average molecular weight is 351 g/mol. The zero-order valence-electron chi connectivity index (χ0n) is 11.0. The first-order valence-electron chi connectivity index (χ1n) is 5.90. The van der Waals surface area contributed by atoms with Gasteiger partial charge in [0.15, 0.2) is 0 Å². The fourth-order valence-corrected chi connectivity index (χ4v) is 1.95. The summed E-state index contributed by atoms with van der Waals surface area (Å²) in [6.07, 6.45) is 1.42. The van der Waals surface area contributed by atoms with E-state index in [1.807, 2.05) is 0 Å². The van der Waals surface area contributed by atoms with E-state index in [1.165, 1.54) is 25.4 Å². The molecule has 0 aliphatic rings. The number of carboxylic acid groups (broad SMARTS) is 1. The number of amides is 1. The lowest BCUT2D eigenvalue weighted by molar-refractivity contribution is 0.0693. The predicted molar refractivity (Wildman–Crippen MR) is 78.8 cm³/mol. The first-order chi connectivity index (χ1) is 10.0. The van der Waals surface area contributed by atoms with Crippen molar-refractivity contribution in [3.8, 4) is 11.5 Å². The smallest absolute Gasteiger partial charge is 0.339 e. The van der Waals surface area contributed by atoms with E-state index in [0.29, 0.717) is 10.2 Å². The maximum Gasteiger partial charge on any atom is 0.339 e. The monoisotopic (exact) mass is 350 g/mol. The Morgan fingerprint density at radius 1 is 1.29 bits per heavy atom. The fourth-order valence-electron chi connectivity index (χ4n) is 1.61. The minimum Gasteiger partial charge on any atom is -0.478 e. The van der Waals surface area contributed by atoms with Crippen LogP contribution in [0.25, 0.3) is 0 Å². The molecule has 0 atom stereocenters. The molecule has 1 amide bonds. The molecule has 2 N–H and O–H groups in total. The van der Waals surface area contributed by atoms with Crippen LogP contribution in [0.3, 0.4) is 0 Å². The van der Waals surface area contributed by atoms with Crippen LogP contribution in [0.15, 0.2) is 41.0 Å². The number of carbonyl (C=O) groups excluding carboxylic acids is 1. The highest BCUT2D eigenvalue weighted by Gasteiger charge is 2.13. The number of hydrogen-bond acceptors (Lipinski definition) is 4. The van der Waals surface area contributed by atoms with Crippen molar-refractivity contribution >= 4 is 27.8 Å². The van der Waals surface area contributed by atoms with Gasteiger partial charge in [-0.1, -0.05) is 15.9 Å². The molecule has 0 radical (unpaired) electrons. The van der Waals surface area contributed by atoms with Crippen LogP contribution in [0.4, 0.5) is 0 Å². The number of carboxylic acids is 1. The average Bonchev–Trinajstić information content (AvgIpc) is 2.46. The Bertz CT molecular complexity index is 703. The number of aromatic carboxylic acids is 1. The molecule has 0 bridgehead atoms. The van der Waals surface area contributed by atoms with Crippen LogP contribution in [0.2, 0.25) is 0 Å². The summed E-state index contributed by atoms with van der Waals surface area (Å²) in [4.78, 5) is 26.6. The number of nitrogens with one attached hydrogen (secondary N) is 1. The maximum absolute atomic E-state index is 11.5. The Morgan fingerprint density at radius 3 is 2.71 bits per heavy atom. The van der Waals surface area contributed by atoms with Crippen LogP contribution >= 0.6 is 15.9 Å². The van der Waals surface area contributed by atoms with E-state index in [4.69, 9.17) is 9.84 Å². The van der Waals surface area contributed by atoms with Gasteiger partial charge < -0.3 is 15.2 Å².